The van der Waals surface area contributed by atoms with Gasteiger partial charge in [-0.1, -0.05) is 35.3 Å². The highest BCUT2D eigenvalue weighted by Crippen LogP contribution is 2.47. The molecule has 2 heterocycles. The fraction of sp³-hybridized carbons (Fsp3) is 0.444. The second kappa shape index (κ2) is 6.31. The summed E-state index contributed by atoms with van der Waals surface area (Å²) in [6, 6.07) is 5.70. The number of hydrogen-bond acceptors (Lipinski definition) is 5. The van der Waals surface area contributed by atoms with Gasteiger partial charge in [0.15, 0.2) is 5.82 Å². The maximum atomic E-state index is 6.29. The van der Waals surface area contributed by atoms with Crippen molar-refractivity contribution in [2.75, 3.05) is 23.7 Å². The third-order valence-electron chi connectivity index (χ3n) is 5.67. The van der Waals surface area contributed by atoms with E-state index in [2.05, 4.69) is 14.9 Å². The van der Waals surface area contributed by atoms with Gasteiger partial charge in [-0.3, -0.25) is 0 Å². The Hall–Kier alpha value is -1.56. The second-order valence-corrected chi connectivity index (χ2v) is 7.88. The zero-order valence-corrected chi connectivity index (χ0v) is 15.4. The average molecular weight is 378 g/mol. The Kier molecular flexibility index (Phi) is 4.26. The van der Waals surface area contributed by atoms with Crippen LogP contribution in [0.4, 0.5) is 11.6 Å². The lowest BCUT2D eigenvalue weighted by atomic mass is 9.61. The van der Waals surface area contributed by atoms with E-state index in [9.17, 15) is 0 Å². The largest absolute Gasteiger partial charge is 0.382 e. The smallest absolute Gasteiger partial charge is 0.152 e. The third-order valence-corrected chi connectivity index (χ3v) is 6.48. The summed E-state index contributed by atoms with van der Waals surface area (Å²) >= 11 is 12.4. The first-order valence-corrected chi connectivity index (χ1v) is 9.33. The minimum Gasteiger partial charge on any atom is -0.382 e. The van der Waals surface area contributed by atoms with Gasteiger partial charge < -0.3 is 16.4 Å². The van der Waals surface area contributed by atoms with Crippen LogP contribution in [0.15, 0.2) is 24.4 Å². The molecular formula is C18H21Cl2N5. The van der Waals surface area contributed by atoms with Crippen molar-refractivity contribution in [2.24, 2.45) is 11.1 Å². The molecule has 2 fully saturated rings. The minimum atomic E-state index is 0.240. The fourth-order valence-electron chi connectivity index (χ4n) is 4.02. The van der Waals surface area contributed by atoms with E-state index in [0.717, 1.165) is 31.7 Å². The first-order chi connectivity index (χ1) is 12.0. The van der Waals surface area contributed by atoms with E-state index in [-0.39, 0.29) is 5.41 Å². The van der Waals surface area contributed by atoms with Crippen molar-refractivity contribution in [2.45, 2.75) is 31.7 Å². The van der Waals surface area contributed by atoms with Crippen LogP contribution in [-0.2, 0) is 0 Å². The van der Waals surface area contributed by atoms with Gasteiger partial charge in [-0.25, -0.2) is 9.97 Å². The molecule has 0 radical (unpaired) electrons. The maximum absolute atomic E-state index is 6.29. The van der Waals surface area contributed by atoms with E-state index in [1.807, 2.05) is 12.1 Å². The Morgan fingerprint density at radius 1 is 1.24 bits per heavy atom. The van der Waals surface area contributed by atoms with Gasteiger partial charge in [0, 0.05) is 30.1 Å². The number of anilines is 2. The molecule has 7 heteroatoms. The summed E-state index contributed by atoms with van der Waals surface area (Å²) in [6.45, 7) is 1.89. The molecule has 1 saturated heterocycles. The van der Waals surface area contributed by atoms with E-state index in [0.29, 0.717) is 33.2 Å². The number of benzene rings is 1. The van der Waals surface area contributed by atoms with Gasteiger partial charge in [-0.05, 0) is 31.7 Å². The van der Waals surface area contributed by atoms with Gasteiger partial charge in [-0.15, -0.1) is 0 Å². The molecule has 1 spiro atoms. The van der Waals surface area contributed by atoms with Crippen LogP contribution < -0.4 is 16.4 Å². The summed E-state index contributed by atoms with van der Waals surface area (Å²) in [5.41, 5.74) is 14.0. The SMILES string of the molecule is Nc1nc(N2CCC[C@]3(CC[C@H]3N)C2)cnc1-c1cccc(Cl)c1Cl. The molecule has 1 saturated carbocycles. The third kappa shape index (κ3) is 2.84. The number of aromatic nitrogens is 2. The van der Waals surface area contributed by atoms with Crippen molar-refractivity contribution in [3.05, 3.63) is 34.4 Å². The lowest BCUT2D eigenvalue weighted by Crippen LogP contribution is -2.59. The van der Waals surface area contributed by atoms with Crippen LogP contribution in [0.1, 0.15) is 25.7 Å². The standard InChI is InChI=1S/C18H21Cl2N5/c19-12-4-1-3-11(15(12)20)16-17(22)24-14(9-23-16)25-8-2-6-18(10-25)7-5-13(18)21/h1,3-4,9,13H,2,5-8,10,21H2,(H2,22,24)/t13-,18+/m1/s1. The molecule has 0 amide bonds. The van der Waals surface area contributed by atoms with E-state index in [1.54, 1.807) is 12.3 Å². The normalized spacial score (nSPS) is 25.9. The molecule has 5 nitrogen and oxygen atoms in total. The molecule has 25 heavy (non-hydrogen) atoms. The molecule has 0 bridgehead atoms. The minimum absolute atomic E-state index is 0.240. The number of nitrogens with two attached hydrogens (primary N) is 2. The number of nitrogen functional groups attached to an aromatic ring is 1. The van der Waals surface area contributed by atoms with Gasteiger partial charge >= 0.3 is 0 Å². The van der Waals surface area contributed by atoms with Crippen LogP contribution in [0.5, 0.6) is 0 Å². The number of piperidine rings is 1. The van der Waals surface area contributed by atoms with E-state index >= 15 is 0 Å². The van der Waals surface area contributed by atoms with Gasteiger partial charge in [0.25, 0.3) is 0 Å². The fourth-order valence-corrected chi connectivity index (χ4v) is 4.41. The Morgan fingerprint density at radius 3 is 2.76 bits per heavy atom. The highest BCUT2D eigenvalue weighted by Gasteiger charge is 2.47. The number of nitrogens with zero attached hydrogens (tertiary/aromatic N) is 3. The predicted octanol–water partition coefficient (Wildman–Crippen LogP) is 3.74. The van der Waals surface area contributed by atoms with E-state index in [4.69, 9.17) is 34.7 Å². The van der Waals surface area contributed by atoms with Crippen molar-refractivity contribution in [3.8, 4) is 11.3 Å². The molecule has 1 aliphatic carbocycles. The van der Waals surface area contributed by atoms with Crippen molar-refractivity contribution >= 4 is 34.8 Å². The molecule has 1 aliphatic heterocycles. The Bertz CT molecular complexity index is 812. The van der Waals surface area contributed by atoms with Gasteiger partial charge in [-0.2, -0.15) is 0 Å². The van der Waals surface area contributed by atoms with Crippen LogP contribution in [0.3, 0.4) is 0 Å². The van der Waals surface area contributed by atoms with Crippen LogP contribution in [-0.4, -0.2) is 29.1 Å². The monoisotopic (exact) mass is 377 g/mol. The zero-order valence-electron chi connectivity index (χ0n) is 13.9. The van der Waals surface area contributed by atoms with E-state index in [1.165, 1.54) is 12.8 Å². The summed E-state index contributed by atoms with van der Waals surface area (Å²) < 4.78 is 0. The molecule has 2 aliphatic rings. The summed E-state index contributed by atoms with van der Waals surface area (Å²) in [7, 11) is 0. The van der Waals surface area contributed by atoms with Gasteiger partial charge in [0.1, 0.15) is 11.5 Å². The Labute approximate surface area is 157 Å². The molecule has 1 aromatic carbocycles. The van der Waals surface area contributed by atoms with Crippen LogP contribution in [0, 0.1) is 5.41 Å². The lowest BCUT2D eigenvalue weighted by Gasteiger charge is -2.53. The quantitative estimate of drug-likeness (QED) is 0.832. The molecule has 1 aromatic heterocycles. The van der Waals surface area contributed by atoms with Crippen LogP contribution in [0.25, 0.3) is 11.3 Å². The summed E-state index contributed by atoms with van der Waals surface area (Å²) in [4.78, 5) is 11.4. The maximum Gasteiger partial charge on any atom is 0.152 e. The molecule has 4 N–H and O–H groups in total. The van der Waals surface area contributed by atoms with Crippen molar-refractivity contribution in [3.63, 3.8) is 0 Å². The number of halogens is 2. The first kappa shape index (κ1) is 16.9. The van der Waals surface area contributed by atoms with Crippen molar-refractivity contribution < 1.29 is 0 Å². The average Bonchev–Trinajstić information content (AvgIpc) is 2.63. The molecule has 132 valence electrons. The predicted molar refractivity (Wildman–Crippen MR) is 103 cm³/mol. The van der Waals surface area contributed by atoms with Crippen molar-refractivity contribution in [1.82, 2.24) is 9.97 Å². The molecule has 0 unspecified atom stereocenters. The number of rotatable bonds is 2. The highest BCUT2D eigenvalue weighted by atomic mass is 35.5. The van der Waals surface area contributed by atoms with Crippen molar-refractivity contribution in [1.29, 1.82) is 0 Å². The molecular weight excluding hydrogens is 357 g/mol. The van der Waals surface area contributed by atoms with Crippen LogP contribution in [0.2, 0.25) is 10.0 Å². The van der Waals surface area contributed by atoms with E-state index < -0.39 is 0 Å². The molecule has 2 atom stereocenters. The second-order valence-electron chi connectivity index (χ2n) is 7.10. The molecule has 2 aromatic rings. The zero-order chi connectivity index (χ0) is 17.6. The summed E-state index contributed by atoms with van der Waals surface area (Å²) in [5.74, 6) is 1.16. The summed E-state index contributed by atoms with van der Waals surface area (Å²) in [6.07, 6.45) is 6.41. The van der Waals surface area contributed by atoms with Gasteiger partial charge in [0.05, 0.1) is 16.2 Å². The van der Waals surface area contributed by atoms with Crippen LogP contribution >= 0.6 is 23.2 Å². The topological polar surface area (TPSA) is 81.1 Å². The Morgan fingerprint density at radius 2 is 2.08 bits per heavy atom. The Balaban J connectivity index is 1.63. The molecule has 4 rings (SSSR count). The number of hydrogen-bond donors (Lipinski definition) is 2. The summed E-state index contributed by atoms with van der Waals surface area (Å²) in [5, 5.41) is 0.914. The highest BCUT2D eigenvalue weighted by molar-refractivity contribution is 6.43. The van der Waals surface area contributed by atoms with Gasteiger partial charge in [0.2, 0.25) is 0 Å². The first-order valence-electron chi connectivity index (χ1n) is 8.58. The lowest BCUT2D eigenvalue weighted by molar-refractivity contribution is 0.0723.